The molecule has 0 aliphatic carbocycles. The Bertz CT molecular complexity index is 1440. The number of halogens is 1. The van der Waals surface area contributed by atoms with Crippen molar-refractivity contribution >= 4 is 29.7 Å². The summed E-state index contributed by atoms with van der Waals surface area (Å²) in [7, 11) is 3.23. The smallest absolute Gasteiger partial charge is 0.253 e. The quantitative estimate of drug-likeness (QED) is 0.199. The fourth-order valence-corrected chi connectivity index (χ4v) is 4.13. The van der Waals surface area contributed by atoms with Crippen LogP contribution in [0.2, 0.25) is 5.02 Å². The number of carbonyl (C=O) groups is 1. The number of ether oxygens (including phenoxy) is 4. The Labute approximate surface area is 237 Å². The zero-order chi connectivity index (χ0) is 27.6. The Hall–Kier alpha value is -4.01. The van der Waals surface area contributed by atoms with Crippen LogP contribution in [0.1, 0.15) is 21.5 Å². The number of hydrogen-bond donors (Lipinski definition) is 1. The average Bonchev–Trinajstić information content (AvgIpc) is 2.97. The van der Waals surface area contributed by atoms with E-state index in [1.54, 1.807) is 26.4 Å². The Morgan fingerprint density at radius 3 is 1.95 bits per heavy atom. The summed E-state index contributed by atoms with van der Waals surface area (Å²) in [4.78, 5) is 13.0. The number of carbonyl (C=O) groups excluding carboxylic acids is 1. The molecule has 0 saturated heterocycles. The first-order valence-electron chi connectivity index (χ1n) is 12.2. The summed E-state index contributed by atoms with van der Waals surface area (Å²) >= 11 is 11.9. The molecule has 3 aromatic carbocycles. The van der Waals surface area contributed by atoms with Gasteiger partial charge in [0.2, 0.25) is 0 Å². The first-order valence-corrected chi connectivity index (χ1v) is 13.0. The number of amides is 1. The van der Waals surface area contributed by atoms with Gasteiger partial charge in [-0.2, -0.15) is 0 Å². The lowest BCUT2D eigenvalue weighted by Gasteiger charge is -2.17. The SMILES string of the molecule is COc1ccc(COc2ccc(C(=O)NCCn3ccc(=S)cc3)c(Cl)c2OCc2ccc(OC)cc2)cc1. The van der Waals surface area contributed by atoms with E-state index < -0.39 is 0 Å². The maximum atomic E-state index is 13.0. The van der Waals surface area contributed by atoms with Crippen molar-refractivity contribution < 1.29 is 23.7 Å². The minimum atomic E-state index is -0.309. The normalized spacial score (nSPS) is 10.5. The van der Waals surface area contributed by atoms with E-state index in [1.807, 2.05) is 77.6 Å². The van der Waals surface area contributed by atoms with Crippen LogP contribution in [0.5, 0.6) is 23.0 Å². The molecule has 202 valence electrons. The Balaban J connectivity index is 1.50. The van der Waals surface area contributed by atoms with E-state index >= 15 is 0 Å². The molecule has 0 saturated carbocycles. The van der Waals surface area contributed by atoms with Crippen molar-refractivity contribution in [2.75, 3.05) is 20.8 Å². The molecule has 0 aliphatic heterocycles. The number of methoxy groups -OCH3 is 2. The molecular weight excluding hydrogens is 536 g/mol. The van der Waals surface area contributed by atoms with Crippen molar-refractivity contribution in [3.63, 3.8) is 0 Å². The summed E-state index contributed by atoms with van der Waals surface area (Å²) in [5, 5.41) is 3.09. The summed E-state index contributed by atoms with van der Waals surface area (Å²) in [6, 6.07) is 22.1. The Morgan fingerprint density at radius 2 is 1.38 bits per heavy atom. The molecule has 1 heterocycles. The van der Waals surface area contributed by atoms with Crippen molar-refractivity contribution in [1.29, 1.82) is 0 Å². The second kappa shape index (κ2) is 13.7. The maximum Gasteiger partial charge on any atom is 0.253 e. The van der Waals surface area contributed by atoms with Gasteiger partial charge in [0, 0.05) is 30.0 Å². The molecule has 0 aliphatic rings. The lowest BCUT2D eigenvalue weighted by atomic mass is 10.1. The highest BCUT2D eigenvalue weighted by molar-refractivity contribution is 7.71. The fraction of sp³-hybridized carbons (Fsp3) is 0.200. The first kappa shape index (κ1) is 28.0. The summed E-state index contributed by atoms with van der Waals surface area (Å²) in [6.07, 6.45) is 3.75. The van der Waals surface area contributed by atoms with Crippen LogP contribution in [0.3, 0.4) is 0 Å². The van der Waals surface area contributed by atoms with Crippen LogP contribution in [0.4, 0.5) is 0 Å². The molecule has 0 radical (unpaired) electrons. The predicted octanol–water partition coefficient (Wildman–Crippen LogP) is 6.48. The van der Waals surface area contributed by atoms with Crippen LogP contribution >= 0.6 is 23.8 Å². The molecule has 39 heavy (non-hydrogen) atoms. The van der Waals surface area contributed by atoms with E-state index in [4.69, 9.17) is 42.8 Å². The van der Waals surface area contributed by atoms with Gasteiger partial charge in [0.05, 0.1) is 24.8 Å². The molecule has 1 aromatic heterocycles. The number of nitrogens with one attached hydrogen (secondary N) is 1. The van der Waals surface area contributed by atoms with Gasteiger partial charge in [0.15, 0.2) is 11.5 Å². The second-order valence-electron chi connectivity index (χ2n) is 8.56. The van der Waals surface area contributed by atoms with E-state index in [-0.39, 0.29) is 24.1 Å². The van der Waals surface area contributed by atoms with Crippen molar-refractivity contribution in [1.82, 2.24) is 9.88 Å². The summed E-state index contributed by atoms with van der Waals surface area (Å²) in [5.74, 6) is 1.93. The van der Waals surface area contributed by atoms with Crippen molar-refractivity contribution in [2.45, 2.75) is 19.8 Å². The van der Waals surface area contributed by atoms with Crippen molar-refractivity contribution in [3.8, 4) is 23.0 Å². The maximum absolute atomic E-state index is 13.0. The number of rotatable bonds is 12. The summed E-state index contributed by atoms with van der Waals surface area (Å²) in [6.45, 7) is 1.51. The van der Waals surface area contributed by atoms with Crippen LogP contribution in [0, 0.1) is 4.51 Å². The Morgan fingerprint density at radius 1 is 0.821 bits per heavy atom. The minimum absolute atomic E-state index is 0.177. The van der Waals surface area contributed by atoms with Crippen LogP contribution in [-0.4, -0.2) is 31.2 Å². The molecule has 0 fully saturated rings. The summed E-state index contributed by atoms with van der Waals surface area (Å²) < 4.78 is 25.3. The van der Waals surface area contributed by atoms with Crippen molar-refractivity contribution in [3.05, 3.63) is 111 Å². The third-order valence-electron chi connectivity index (χ3n) is 5.92. The highest BCUT2D eigenvalue weighted by atomic mass is 35.5. The van der Waals surface area contributed by atoms with E-state index in [9.17, 15) is 4.79 Å². The first-order chi connectivity index (χ1) is 19.0. The lowest BCUT2D eigenvalue weighted by molar-refractivity contribution is 0.0952. The largest absolute Gasteiger partial charge is 0.497 e. The number of nitrogens with zero attached hydrogens (tertiary/aromatic N) is 1. The van der Waals surface area contributed by atoms with Gasteiger partial charge in [0.25, 0.3) is 5.91 Å². The van der Waals surface area contributed by atoms with Crippen molar-refractivity contribution in [2.24, 2.45) is 0 Å². The highest BCUT2D eigenvalue weighted by Crippen LogP contribution is 2.39. The van der Waals surface area contributed by atoms with Crippen LogP contribution < -0.4 is 24.3 Å². The number of aromatic nitrogens is 1. The molecular formula is C30H29ClN2O5S. The van der Waals surface area contributed by atoms with Crippen LogP contribution in [0.15, 0.2) is 85.2 Å². The number of pyridine rings is 1. The number of benzene rings is 3. The van der Waals surface area contributed by atoms with Crippen LogP contribution in [-0.2, 0) is 19.8 Å². The van der Waals surface area contributed by atoms with E-state index in [2.05, 4.69) is 5.32 Å². The Kier molecular flexibility index (Phi) is 9.83. The lowest BCUT2D eigenvalue weighted by Crippen LogP contribution is -2.27. The molecule has 1 N–H and O–H groups in total. The van der Waals surface area contributed by atoms with Crippen LogP contribution in [0.25, 0.3) is 0 Å². The van der Waals surface area contributed by atoms with Gasteiger partial charge >= 0.3 is 0 Å². The third kappa shape index (κ3) is 7.75. The molecule has 9 heteroatoms. The van der Waals surface area contributed by atoms with E-state index in [0.29, 0.717) is 30.2 Å². The molecule has 0 spiro atoms. The number of hydrogen-bond acceptors (Lipinski definition) is 6. The molecule has 4 aromatic rings. The minimum Gasteiger partial charge on any atom is -0.497 e. The molecule has 1 amide bonds. The molecule has 0 atom stereocenters. The summed E-state index contributed by atoms with van der Waals surface area (Å²) in [5.41, 5.74) is 2.14. The molecule has 4 rings (SSSR count). The van der Waals surface area contributed by atoms with E-state index in [1.165, 1.54) is 0 Å². The molecule has 0 unspecified atom stereocenters. The fourth-order valence-electron chi connectivity index (χ4n) is 3.71. The monoisotopic (exact) mass is 564 g/mol. The van der Waals surface area contributed by atoms with E-state index in [0.717, 1.165) is 27.1 Å². The standard InChI is InChI=1S/C30H29ClN2O5S/c1-35-23-7-3-21(4-8-23)19-37-27-12-11-26(30(34)32-15-18-33-16-13-25(39)14-17-33)28(31)29(27)38-20-22-5-9-24(36-2)10-6-22/h3-14,16-17H,15,18-20H2,1-2H3,(H,32,34). The zero-order valence-corrected chi connectivity index (χ0v) is 23.3. The van der Waals surface area contributed by atoms with Gasteiger partial charge in [-0.25, -0.2) is 0 Å². The van der Waals surface area contributed by atoms with Gasteiger partial charge in [0.1, 0.15) is 24.7 Å². The van der Waals surface area contributed by atoms with Gasteiger partial charge in [-0.1, -0.05) is 48.1 Å². The highest BCUT2D eigenvalue weighted by Gasteiger charge is 2.19. The van der Waals surface area contributed by atoms with Gasteiger partial charge < -0.3 is 28.8 Å². The third-order valence-corrected chi connectivity index (χ3v) is 6.56. The second-order valence-corrected chi connectivity index (χ2v) is 9.40. The molecule has 0 bridgehead atoms. The van der Waals surface area contributed by atoms with Gasteiger partial charge in [-0.15, -0.1) is 0 Å². The van der Waals surface area contributed by atoms with Gasteiger partial charge in [-0.05, 0) is 59.7 Å². The van der Waals surface area contributed by atoms with Gasteiger partial charge in [-0.3, -0.25) is 4.79 Å². The topological polar surface area (TPSA) is 71.0 Å². The molecule has 7 nitrogen and oxygen atoms in total. The average molecular weight is 565 g/mol. The predicted molar refractivity (Wildman–Crippen MR) is 154 cm³/mol. The zero-order valence-electron chi connectivity index (χ0n) is 21.7.